The molecule has 118 valence electrons. The Morgan fingerprint density at radius 2 is 1.65 bits per heavy atom. The van der Waals surface area contributed by atoms with Gasteiger partial charge in [0, 0.05) is 12.1 Å². The molecule has 6 N–H and O–H groups in total. The van der Waals surface area contributed by atoms with E-state index in [2.05, 4.69) is 5.32 Å². The molecule has 1 aliphatic carbocycles. The van der Waals surface area contributed by atoms with Gasteiger partial charge in [0.2, 0.25) is 5.91 Å². The van der Waals surface area contributed by atoms with E-state index in [0.29, 0.717) is 24.9 Å². The van der Waals surface area contributed by atoms with Crippen molar-refractivity contribution < 1.29 is 4.79 Å². The van der Waals surface area contributed by atoms with E-state index in [-0.39, 0.29) is 11.7 Å². The Hall–Kier alpha value is -2.66. The zero-order valence-electron chi connectivity index (χ0n) is 12.8. The topological polar surface area (TPSA) is 105 Å². The van der Waals surface area contributed by atoms with Gasteiger partial charge in [0.05, 0.1) is 0 Å². The Bertz CT molecular complexity index is 727. The van der Waals surface area contributed by atoms with Gasteiger partial charge in [0.1, 0.15) is 11.4 Å². The summed E-state index contributed by atoms with van der Waals surface area (Å²) in [6, 6.07) is 15.2. The van der Waals surface area contributed by atoms with Gasteiger partial charge in [-0.1, -0.05) is 48.5 Å². The summed E-state index contributed by atoms with van der Waals surface area (Å²) in [6.07, 6.45) is 1.14. The van der Waals surface area contributed by atoms with Crippen molar-refractivity contribution in [1.29, 1.82) is 5.41 Å². The molecule has 5 heteroatoms. The second kappa shape index (κ2) is 5.85. The first-order chi connectivity index (χ1) is 11.0. The maximum absolute atomic E-state index is 12.5. The van der Waals surface area contributed by atoms with Crippen molar-refractivity contribution in [3.63, 3.8) is 0 Å². The van der Waals surface area contributed by atoms with Crippen molar-refractivity contribution >= 4 is 11.7 Å². The zero-order chi connectivity index (χ0) is 16.4. The van der Waals surface area contributed by atoms with Gasteiger partial charge in [-0.3, -0.25) is 10.2 Å². The van der Waals surface area contributed by atoms with E-state index in [1.807, 2.05) is 36.4 Å². The number of benzene rings is 2. The number of hydrogen-bond acceptors (Lipinski definition) is 3. The van der Waals surface area contributed by atoms with Gasteiger partial charge < -0.3 is 16.8 Å². The minimum atomic E-state index is -0.872. The lowest BCUT2D eigenvalue weighted by atomic mass is 9.96. The quantitative estimate of drug-likeness (QED) is 0.502. The van der Waals surface area contributed by atoms with E-state index < -0.39 is 5.54 Å². The van der Waals surface area contributed by atoms with Crippen molar-refractivity contribution in [2.45, 2.75) is 24.9 Å². The molecule has 1 amide bonds. The molecule has 0 aromatic heterocycles. The molecule has 2 aromatic carbocycles. The number of amidine groups is 1. The van der Waals surface area contributed by atoms with Crippen LogP contribution in [0.3, 0.4) is 0 Å². The van der Waals surface area contributed by atoms with Crippen molar-refractivity contribution in [1.82, 2.24) is 5.32 Å². The van der Waals surface area contributed by atoms with E-state index in [1.165, 1.54) is 0 Å². The summed E-state index contributed by atoms with van der Waals surface area (Å²) in [7, 11) is 0. The minimum absolute atomic E-state index is 0.0326. The van der Waals surface area contributed by atoms with Crippen LogP contribution in [0.1, 0.15) is 22.3 Å². The number of carbonyl (C=O) groups is 1. The lowest BCUT2D eigenvalue weighted by Crippen LogP contribution is -2.54. The Morgan fingerprint density at radius 1 is 1.09 bits per heavy atom. The van der Waals surface area contributed by atoms with Gasteiger partial charge in [-0.15, -0.1) is 0 Å². The number of carbonyl (C=O) groups excluding carboxylic acids is 1. The first-order valence-electron chi connectivity index (χ1n) is 7.55. The second-order valence-electron chi connectivity index (χ2n) is 6.07. The monoisotopic (exact) mass is 308 g/mol. The van der Waals surface area contributed by atoms with Gasteiger partial charge in [0.25, 0.3) is 0 Å². The highest BCUT2D eigenvalue weighted by Gasteiger charge is 2.39. The zero-order valence-corrected chi connectivity index (χ0v) is 12.8. The fourth-order valence-corrected chi connectivity index (χ4v) is 2.97. The largest absolute Gasteiger partial charge is 0.384 e. The molecular formula is C18H20N4O. The van der Waals surface area contributed by atoms with Crippen LogP contribution in [-0.4, -0.2) is 17.3 Å². The van der Waals surface area contributed by atoms with Crippen molar-refractivity contribution in [2.24, 2.45) is 11.5 Å². The number of nitrogens with two attached hydrogens (primary N) is 2. The van der Waals surface area contributed by atoms with Gasteiger partial charge in [-0.25, -0.2) is 0 Å². The van der Waals surface area contributed by atoms with Crippen LogP contribution in [0.5, 0.6) is 0 Å². The number of nitrogens with one attached hydrogen (secondary N) is 2. The van der Waals surface area contributed by atoms with Crippen molar-refractivity contribution in [3.8, 4) is 0 Å². The Labute approximate surface area is 135 Å². The lowest BCUT2D eigenvalue weighted by molar-refractivity contribution is -0.126. The maximum atomic E-state index is 12.5. The molecule has 0 saturated carbocycles. The summed E-state index contributed by atoms with van der Waals surface area (Å²) in [5.74, 6) is -0.102. The molecule has 0 saturated heterocycles. The standard InChI is InChI=1S/C18H20N4O/c19-16(20)13-7-5-12(6-8-13)11-22-17(23)18(21)9-14-3-1-2-4-15(14)10-18/h1-8H,9-11,21H2,(H3,19,20)(H,22,23). The van der Waals surface area contributed by atoms with E-state index in [4.69, 9.17) is 16.9 Å². The van der Waals surface area contributed by atoms with Crippen LogP contribution in [0.25, 0.3) is 0 Å². The fraction of sp³-hybridized carbons (Fsp3) is 0.222. The summed E-state index contributed by atoms with van der Waals surface area (Å²) in [5, 5.41) is 10.3. The van der Waals surface area contributed by atoms with Gasteiger partial charge >= 0.3 is 0 Å². The number of rotatable bonds is 4. The first-order valence-corrected chi connectivity index (χ1v) is 7.55. The molecule has 0 heterocycles. The molecule has 2 aromatic rings. The molecule has 0 fully saturated rings. The summed E-state index contributed by atoms with van der Waals surface area (Å²) in [6.45, 7) is 0.409. The van der Waals surface area contributed by atoms with Gasteiger partial charge in [-0.2, -0.15) is 0 Å². The van der Waals surface area contributed by atoms with E-state index >= 15 is 0 Å². The van der Waals surface area contributed by atoms with Crippen LogP contribution < -0.4 is 16.8 Å². The van der Waals surface area contributed by atoms with Crippen LogP contribution in [0, 0.1) is 5.41 Å². The number of amides is 1. The Balaban J connectivity index is 1.63. The predicted molar refractivity (Wildman–Crippen MR) is 90.1 cm³/mol. The first kappa shape index (κ1) is 15.2. The van der Waals surface area contributed by atoms with Gasteiger partial charge in [-0.05, 0) is 29.5 Å². The molecule has 0 atom stereocenters. The van der Waals surface area contributed by atoms with Gasteiger partial charge in [0.15, 0.2) is 0 Å². The predicted octanol–water partition coefficient (Wildman–Crippen LogP) is 1.08. The summed E-state index contributed by atoms with van der Waals surface area (Å²) in [4.78, 5) is 12.5. The van der Waals surface area contributed by atoms with Crippen molar-refractivity contribution in [2.75, 3.05) is 0 Å². The van der Waals surface area contributed by atoms with Crippen LogP contribution in [0.4, 0.5) is 0 Å². The van der Waals surface area contributed by atoms with Crippen LogP contribution in [0.15, 0.2) is 48.5 Å². The molecule has 23 heavy (non-hydrogen) atoms. The minimum Gasteiger partial charge on any atom is -0.384 e. The normalized spacial score (nSPS) is 15.0. The number of nitrogen functional groups attached to an aromatic ring is 1. The average Bonchev–Trinajstić information content (AvgIpc) is 2.90. The molecule has 1 aliphatic rings. The Morgan fingerprint density at radius 3 is 2.17 bits per heavy atom. The third-order valence-electron chi connectivity index (χ3n) is 4.30. The maximum Gasteiger partial charge on any atom is 0.241 e. The third-order valence-corrected chi connectivity index (χ3v) is 4.30. The van der Waals surface area contributed by atoms with Crippen LogP contribution in [0.2, 0.25) is 0 Å². The summed E-state index contributed by atoms with van der Waals surface area (Å²) in [5.41, 5.74) is 14.8. The molecule has 0 unspecified atom stereocenters. The molecule has 0 radical (unpaired) electrons. The molecule has 3 rings (SSSR count). The highest BCUT2D eigenvalue weighted by Crippen LogP contribution is 2.28. The molecule has 0 bridgehead atoms. The van der Waals surface area contributed by atoms with Crippen LogP contribution in [-0.2, 0) is 24.2 Å². The molecule has 5 nitrogen and oxygen atoms in total. The number of hydrogen-bond donors (Lipinski definition) is 4. The molecular weight excluding hydrogens is 288 g/mol. The fourth-order valence-electron chi connectivity index (χ4n) is 2.97. The Kier molecular flexibility index (Phi) is 3.88. The molecule has 0 aliphatic heterocycles. The molecule has 0 spiro atoms. The summed E-state index contributed by atoms with van der Waals surface area (Å²) >= 11 is 0. The van der Waals surface area contributed by atoms with Crippen LogP contribution >= 0.6 is 0 Å². The second-order valence-corrected chi connectivity index (χ2v) is 6.07. The lowest BCUT2D eigenvalue weighted by Gasteiger charge is -2.22. The smallest absolute Gasteiger partial charge is 0.241 e. The van der Waals surface area contributed by atoms with E-state index in [9.17, 15) is 4.79 Å². The third kappa shape index (κ3) is 3.10. The number of fused-ring (bicyclic) bond motifs is 1. The summed E-state index contributed by atoms with van der Waals surface area (Å²) < 4.78 is 0. The highest BCUT2D eigenvalue weighted by molar-refractivity contribution is 5.94. The SMILES string of the molecule is N=C(N)c1ccc(CNC(=O)C2(N)Cc3ccccc3C2)cc1. The van der Waals surface area contributed by atoms with E-state index in [0.717, 1.165) is 16.7 Å². The average molecular weight is 308 g/mol. The highest BCUT2D eigenvalue weighted by atomic mass is 16.2. The van der Waals surface area contributed by atoms with Crippen molar-refractivity contribution in [3.05, 3.63) is 70.8 Å². The van der Waals surface area contributed by atoms with E-state index in [1.54, 1.807) is 12.1 Å².